The number of sulfonamides is 2. The highest BCUT2D eigenvalue weighted by atomic mass is 32.2. The molecule has 101 heavy (non-hydrogen) atoms. The number of carbonyl (C=O) groups excluding carboxylic acids is 3. The smallest absolute Gasteiger partial charge is 0.340 e. The number of aromatic nitrogens is 2. The predicted molar refractivity (Wildman–Crippen MR) is 373 cm³/mol. The standard InChI is InChI=1S/C27H31N3O5.C23H25N3O7S.C22H30N2O7S/c1-20(35-30(32)33)34-27(31)23-11-12-26-25(18-23)24(19-28(26)2)10-6-7-15-29-16-13-22(14-17-29)21-8-4-3-5-9-21;1-16(33-26(28)29)32-23(27)13-14-25-21-10-6-5-9-19(21)20-15-17(11-12-22(20)25)24-34(30,31)18-7-3-2-4-8-18;1-16(31-24(26)27)30-21(25)12-8-3-2-7-11-20-17-13-14-18(15-17)22(20)23-32(28,29)19-9-5-4-6-10-19/h3-5,8-9,11-13,18-20H,6-7,10,14-17H2,1-2H3;2-10,16-17,24H,11-15H2,1H3;2,4-7,9-10,16-18,20,22-23H,3,8,11-15H2,1H3/b;;7-2-/t;16?,17-;16?,17?,18?,20-,22-/m.10/s1. The summed E-state index contributed by atoms with van der Waals surface area (Å²) in [5.74, 6) is -0.611. The molecule has 11 rings (SSSR count). The summed E-state index contributed by atoms with van der Waals surface area (Å²) in [7, 11) is -5.18. The van der Waals surface area contributed by atoms with Gasteiger partial charge < -0.3 is 23.3 Å². The van der Waals surface area contributed by atoms with Crippen LogP contribution in [0.15, 0.2) is 168 Å². The number of para-hydroxylation sites is 1. The van der Waals surface area contributed by atoms with Gasteiger partial charge in [0.1, 0.15) is 0 Å². The number of nitrogens with one attached hydrogen (secondary N) is 2. The zero-order chi connectivity index (χ0) is 72.2. The van der Waals surface area contributed by atoms with Gasteiger partial charge in [-0.3, -0.25) is 29.0 Å². The molecule has 2 saturated carbocycles. The predicted octanol–water partition coefficient (Wildman–Crippen LogP) is 11.6. The number of ether oxygens (including phenoxy) is 3. The average Bonchev–Trinajstić information content (AvgIpc) is 1.62. The van der Waals surface area contributed by atoms with E-state index in [1.807, 2.05) is 48.0 Å². The molecule has 0 saturated heterocycles. The molecular formula is C72H86N8O19S2. The van der Waals surface area contributed by atoms with E-state index >= 15 is 0 Å². The van der Waals surface area contributed by atoms with Gasteiger partial charge in [-0.05, 0) is 199 Å². The first kappa shape index (κ1) is 75.6. The molecule has 5 aromatic carbocycles. The van der Waals surface area contributed by atoms with Crippen LogP contribution in [0.4, 0.5) is 0 Å². The first-order valence-electron chi connectivity index (χ1n) is 33.9. The number of carbonyl (C=O) groups is 3. The fourth-order valence-corrected chi connectivity index (χ4v) is 16.6. The molecule has 1 aliphatic heterocycles. The molecule has 29 heteroatoms. The number of hydrogen-bond donors (Lipinski definition) is 2. The van der Waals surface area contributed by atoms with Crippen molar-refractivity contribution in [1.29, 1.82) is 0 Å². The van der Waals surface area contributed by atoms with E-state index in [-0.39, 0.29) is 35.7 Å². The van der Waals surface area contributed by atoms with Gasteiger partial charge in [0, 0.05) is 78.9 Å². The molecule has 3 heterocycles. The normalized spacial score (nSPS) is 18.9. The minimum absolute atomic E-state index is 0.0145. The van der Waals surface area contributed by atoms with Crippen molar-refractivity contribution in [2.75, 3.05) is 19.6 Å². The number of esters is 3. The molecule has 2 bridgehead atoms. The van der Waals surface area contributed by atoms with Crippen LogP contribution < -0.4 is 9.44 Å². The number of aryl methyl sites for hydroxylation is 3. The zero-order valence-corrected chi connectivity index (χ0v) is 58.5. The first-order valence-corrected chi connectivity index (χ1v) is 36.8. The maximum Gasteiger partial charge on any atom is 0.340 e. The van der Waals surface area contributed by atoms with Crippen LogP contribution in [0.25, 0.3) is 27.4 Å². The van der Waals surface area contributed by atoms with E-state index in [1.165, 1.54) is 37.5 Å². The van der Waals surface area contributed by atoms with E-state index in [0.29, 0.717) is 60.9 Å². The Morgan fingerprint density at radius 1 is 0.634 bits per heavy atom. The lowest BCUT2D eigenvalue weighted by Crippen LogP contribution is -2.43. The third-order valence-corrected chi connectivity index (χ3v) is 21.5. The van der Waals surface area contributed by atoms with E-state index in [2.05, 4.69) is 82.1 Å². The van der Waals surface area contributed by atoms with Crippen molar-refractivity contribution in [2.45, 2.75) is 164 Å². The minimum atomic E-state index is -3.63. The minimum Gasteiger partial charge on any atom is -0.435 e. The van der Waals surface area contributed by atoms with Gasteiger partial charge in [-0.15, -0.1) is 30.3 Å². The van der Waals surface area contributed by atoms with E-state index < -0.39 is 72.1 Å². The quantitative estimate of drug-likeness (QED) is 0.00775. The molecule has 2 aromatic heterocycles. The largest absolute Gasteiger partial charge is 0.435 e. The van der Waals surface area contributed by atoms with Gasteiger partial charge in [0.2, 0.25) is 38.9 Å². The van der Waals surface area contributed by atoms with Crippen LogP contribution >= 0.6 is 0 Å². The van der Waals surface area contributed by atoms with Gasteiger partial charge in [-0.25, -0.2) is 31.1 Å². The third kappa shape index (κ3) is 21.5. The summed E-state index contributed by atoms with van der Waals surface area (Å²) in [5.41, 5.74) is 8.37. The Labute approximate surface area is 586 Å². The Hall–Kier alpha value is -9.55. The van der Waals surface area contributed by atoms with Crippen LogP contribution in [0, 0.1) is 48.1 Å². The molecule has 3 aliphatic carbocycles. The fourth-order valence-electron chi connectivity index (χ4n) is 14.0. The molecule has 2 fully saturated rings. The number of fused-ring (bicyclic) bond motifs is 6. The van der Waals surface area contributed by atoms with Gasteiger partial charge in [0.15, 0.2) is 0 Å². The van der Waals surface area contributed by atoms with Crippen LogP contribution in [0.3, 0.4) is 0 Å². The monoisotopic (exact) mass is 1430 g/mol. The summed E-state index contributed by atoms with van der Waals surface area (Å²) < 4.78 is 75.9. The maximum absolute atomic E-state index is 12.8. The van der Waals surface area contributed by atoms with Crippen LogP contribution in [-0.4, -0.2) is 115 Å². The number of unbranched alkanes of at least 4 members (excludes halogenated alkanes) is 2. The second-order valence-corrected chi connectivity index (χ2v) is 28.9. The molecule has 2 N–H and O–H groups in total. The maximum atomic E-state index is 12.8. The topological polar surface area (TPSA) is 341 Å². The van der Waals surface area contributed by atoms with Gasteiger partial charge in [0.25, 0.3) is 15.3 Å². The van der Waals surface area contributed by atoms with Gasteiger partial charge in [0.05, 0.1) is 21.8 Å². The third-order valence-electron chi connectivity index (χ3n) is 18.5. The second kappa shape index (κ2) is 35.7. The molecule has 7 aromatic rings. The number of benzene rings is 5. The fraction of sp³-hybridized carbons (Fsp3) is 0.431. The summed E-state index contributed by atoms with van der Waals surface area (Å²) in [4.78, 5) is 82.9. The van der Waals surface area contributed by atoms with Crippen LogP contribution in [-0.2, 0) is 91.2 Å². The SMILES string of the molecule is CC(OC(=O)CCC/C=C\C[C@H]1C2CCC(C2)[C@@H]1NS(=O)(=O)c1ccccc1)O[N+](=O)[O-].CC(OC(=O)CCn1c2c(c3ccccc31)C[C@H](NS(=O)(=O)c1ccccc1)CC2)O[N+](=O)[O-].CC(OC(=O)c1ccc2c(c1)c(CCCCN1CC=C(c3ccccc3)CC1)cn2C)O[N+](=O)[O-]. The van der Waals surface area contributed by atoms with Gasteiger partial charge >= 0.3 is 17.9 Å². The first-order chi connectivity index (χ1) is 48.4. The molecule has 0 spiro atoms. The average molecular weight is 1430 g/mol. The summed E-state index contributed by atoms with van der Waals surface area (Å²) in [5, 5.41) is 30.0. The summed E-state index contributed by atoms with van der Waals surface area (Å²) in [6.45, 7) is 7.35. The molecule has 8 atom stereocenters. The number of allylic oxidation sites excluding steroid dienone is 2. The second-order valence-electron chi connectivity index (χ2n) is 25.4. The zero-order valence-electron chi connectivity index (χ0n) is 56.8. The Balaban J connectivity index is 0.000000177. The summed E-state index contributed by atoms with van der Waals surface area (Å²) >= 11 is 0. The van der Waals surface area contributed by atoms with Crippen molar-refractivity contribution in [1.82, 2.24) is 23.5 Å². The van der Waals surface area contributed by atoms with E-state index in [9.17, 15) is 61.6 Å². The molecular weight excluding hydrogens is 1340 g/mol. The number of rotatable bonds is 31. The molecule has 0 amide bonds. The van der Waals surface area contributed by atoms with Crippen molar-refractivity contribution in [3.05, 3.63) is 216 Å². The van der Waals surface area contributed by atoms with E-state index in [1.54, 1.807) is 72.8 Å². The summed E-state index contributed by atoms with van der Waals surface area (Å²) in [6.07, 6.45) is 16.1. The van der Waals surface area contributed by atoms with Crippen molar-refractivity contribution in [3.8, 4) is 0 Å². The lowest BCUT2D eigenvalue weighted by atomic mass is 9.83. The Bertz CT molecular complexity index is 4300. The van der Waals surface area contributed by atoms with Gasteiger partial charge in [-0.2, -0.15) is 0 Å². The van der Waals surface area contributed by atoms with Crippen LogP contribution in [0.5, 0.6) is 0 Å². The van der Waals surface area contributed by atoms with E-state index in [0.717, 1.165) is 104 Å². The Kier molecular flexibility index (Phi) is 26.7. The molecule has 5 unspecified atom stereocenters. The highest BCUT2D eigenvalue weighted by Gasteiger charge is 2.48. The van der Waals surface area contributed by atoms with Crippen molar-refractivity contribution >= 4 is 65.3 Å². The molecule has 540 valence electrons. The van der Waals surface area contributed by atoms with Crippen LogP contribution in [0.1, 0.15) is 131 Å². The highest BCUT2D eigenvalue weighted by molar-refractivity contribution is 7.89. The highest BCUT2D eigenvalue weighted by Crippen LogP contribution is 2.50. The molecule has 27 nitrogen and oxygen atoms in total. The molecule has 0 radical (unpaired) electrons. The number of hydrogen-bond acceptors (Lipinski definition) is 20. The van der Waals surface area contributed by atoms with Crippen LogP contribution in [0.2, 0.25) is 0 Å². The number of nitrogens with zero attached hydrogens (tertiary/aromatic N) is 6. The lowest BCUT2D eigenvalue weighted by Gasteiger charge is -2.31. The lowest BCUT2D eigenvalue weighted by molar-refractivity contribution is -0.777. The Morgan fingerprint density at radius 3 is 1.86 bits per heavy atom. The molecule has 4 aliphatic rings. The summed E-state index contributed by atoms with van der Waals surface area (Å²) in [6, 6.07) is 40.2. The van der Waals surface area contributed by atoms with E-state index in [4.69, 9.17) is 14.2 Å². The van der Waals surface area contributed by atoms with Crippen molar-refractivity contribution < 1.29 is 75.2 Å². The van der Waals surface area contributed by atoms with Crippen molar-refractivity contribution in [2.24, 2.45) is 24.8 Å². The van der Waals surface area contributed by atoms with Gasteiger partial charge in [-0.1, -0.05) is 103 Å². The Morgan fingerprint density at radius 2 is 1.23 bits per heavy atom. The van der Waals surface area contributed by atoms with Crippen molar-refractivity contribution in [3.63, 3.8) is 0 Å².